The largest absolute Gasteiger partial charge is 0.341 e. The number of aryl methyl sites for hydroxylation is 2. The van der Waals surface area contributed by atoms with Crippen LogP contribution in [0.2, 0.25) is 0 Å². The summed E-state index contributed by atoms with van der Waals surface area (Å²) in [5.74, 6) is -1.40. The van der Waals surface area contributed by atoms with Crippen LogP contribution in [0.25, 0.3) is 0 Å². The van der Waals surface area contributed by atoms with E-state index in [4.69, 9.17) is 34.2 Å². The smallest absolute Gasteiger partial charge is 0.297 e. The van der Waals surface area contributed by atoms with Crippen molar-refractivity contribution in [2.24, 2.45) is 0 Å². The fourth-order valence-electron chi connectivity index (χ4n) is 3.91. The molecular weight excluding hydrogens is 520 g/mol. The molecule has 2 saturated heterocycles. The number of fused-ring (bicyclic) bond motifs is 1. The molecule has 2 heterocycles. The van der Waals surface area contributed by atoms with Crippen LogP contribution in [-0.2, 0) is 42.8 Å². The molecule has 2 aromatic carbocycles. The van der Waals surface area contributed by atoms with Gasteiger partial charge in [-0.25, -0.2) is 0 Å². The summed E-state index contributed by atoms with van der Waals surface area (Å²) in [6, 6.07) is 12.2. The predicted octanol–water partition coefficient (Wildman–Crippen LogP) is 3.27. The standard InChI is InChI=1S/C23H27ClO9S2/c1-14-5-9-16(10-6-14)34(25,26)32-18(13-24)19-20(21-22(29-19)31-23(3,4)30-21)33-35(27,28)17-11-7-15(2)8-12-17/h5-12,18-22H,13H2,1-4H3/t18-,19+,20-,21+,22+/m0/s1. The summed E-state index contributed by atoms with van der Waals surface area (Å²) in [6.07, 6.45) is -5.78. The van der Waals surface area contributed by atoms with E-state index in [0.717, 1.165) is 11.1 Å². The lowest BCUT2D eigenvalue weighted by Crippen LogP contribution is -2.46. The number of ether oxygens (including phenoxy) is 3. The average molecular weight is 547 g/mol. The van der Waals surface area contributed by atoms with Crippen LogP contribution in [0.1, 0.15) is 25.0 Å². The quantitative estimate of drug-likeness (QED) is 0.363. The van der Waals surface area contributed by atoms with Gasteiger partial charge in [-0.15, -0.1) is 11.6 Å². The van der Waals surface area contributed by atoms with Gasteiger partial charge in [-0.3, -0.25) is 8.37 Å². The van der Waals surface area contributed by atoms with Crippen molar-refractivity contribution in [3.63, 3.8) is 0 Å². The predicted molar refractivity (Wildman–Crippen MR) is 126 cm³/mol. The second kappa shape index (κ2) is 9.71. The number of alkyl halides is 1. The summed E-state index contributed by atoms with van der Waals surface area (Å²) >= 11 is 6.09. The van der Waals surface area contributed by atoms with Gasteiger partial charge in [0.05, 0.1) is 15.7 Å². The van der Waals surface area contributed by atoms with Gasteiger partial charge in [0.25, 0.3) is 20.2 Å². The maximum absolute atomic E-state index is 13.1. The van der Waals surface area contributed by atoms with Crippen LogP contribution >= 0.6 is 11.6 Å². The van der Waals surface area contributed by atoms with Crippen LogP contribution in [0.5, 0.6) is 0 Å². The van der Waals surface area contributed by atoms with E-state index in [-0.39, 0.29) is 15.7 Å². The van der Waals surface area contributed by atoms with Crippen LogP contribution in [0.4, 0.5) is 0 Å². The van der Waals surface area contributed by atoms with Gasteiger partial charge in [-0.05, 0) is 52.0 Å². The summed E-state index contributed by atoms with van der Waals surface area (Å²) in [4.78, 5) is -0.145. The highest BCUT2D eigenvalue weighted by Gasteiger charge is 2.59. The van der Waals surface area contributed by atoms with Crippen LogP contribution in [0, 0.1) is 13.8 Å². The van der Waals surface area contributed by atoms with Crippen molar-refractivity contribution in [2.45, 2.75) is 74.0 Å². The van der Waals surface area contributed by atoms with E-state index in [2.05, 4.69) is 0 Å². The summed E-state index contributed by atoms with van der Waals surface area (Å²) in [7, 11) is -8.52. The molecule has 2 aromatic rings. The number of rotatable bonds is 8. The molecule has 2 aliphatic heterocycles. The first-order valence-electron chi connectivity index (χ1n) is 10.9. The van der Waals surface area contributed by atoms with Gasteiger partial charge in [0.1, 0.15) is 24.4 Å². The number of halogens is 1. The molecule has 2 aliphatic rings. The molecule has 35 heavy (non-hydrogen) atoms. The Morgan fingerprint density at radius 1 is 0.886 bits per heavy atom. The first-order chi connectivity index (χ1) is 16.3. The lowest BCUT2D eigenvalue weighted by Gasteiger charge is -2.29. The molecule has 4 rings (SSSR count). The molecule has 12 heteroatoms. The molecule has 0 N–H and O–H groups in total. The van der Waals surface area contributed by atoms with Gasteiger partial charge in [0.2, 0.25) is 0 Å². The topological polar surface area (TPSA) is 114 Å². The summed E-state index contributed by atoms with van der Waals surface area (Å²) in [5, 5.41) is 0. The molecule has 5 atom stereocenters. The van der Waals surface area contributed by atoms with Crippen molar-refractivity contribution in [2.75, 3.05) is 5.88 Å². The molecule has 0 unspecified atom stereocenters. The van der Waals surface area contributed by atoms with Crippen LogP contribution in [0.3, 0.4) is 0 Å². The van der Waals surface area contributed by atoms with Crippen molar-refractivity contribution in [1.82, 2.24) is 0 Å². The molecule has 0 saturated carbocycles. The minimum atomic E-state index is -4.28. The first-order valence-corrected chi connectivity index (χ1v) is 14.2. The Morgan fingerprint density at radius 2 is 1.40 bits per heavy atom. The van der Waals surface area contributed by atoms with Gasteiger partial charge in [0.15, 0.2) is 12.1 Å². The molecule has 9 nitrogen and oxygen atoms in total. The Morgan fingerprint density at radius 3 is 1.91 bits per heavy atom. The van der Waals surface area contributed by atoms with E-state index in [1.807, 2.05) is 13.8 Å². The maximum atomic E-state index is 13.1. The Kier molecular flexibility index (Phi) is 7.35. The molecule has 0 spiro atoms. The molecule has 0 amide bonds. The highest BCUT2D eigenvalue weighted by molar-refractivity contribution is 7.87. The highest BCUT2D eigenvalue weighted by atomic mass is 35.5. The molecule has 0 bridgehead atoms. The molecular formula is C23H27ClO9S2. The third-order valence-electron chi connectivity index (χ3n) is 5.65. The van der Waals surface area contributed by atoms with Crippen molar-refractivity contribution in [3.8, 4) is 0 Å². The minimum absolute atomic E-state index is 0.0703. The summed E-state index contributed by atoms with van der Waals surface area (Å²) in [6.45, 7) is 6.94. The number of benzene rings is 2. The zero-order chi connectivity index (χ0) is 25.6. The van der Waals surface area contributed by atoms with E-state index in [9.17, 15) is 16.8 Å². The van der Waals surface area contributed by atoms with Crippen molar-refractivity contribution in [3.05, 3.63) is 59.7 Å². The van der Waals surface area contributed by atoms with Crippen molar-refractivity contribution < 1.29 is 39.4 Å². The second-order valence-corrected chi connectivity index (χ2v) is 12.4. The third-order valence-corrected chi connectivity index (χ3v) is 8.63. The Hall–Kier alpha value is -1.57. The molecule has 2 fully saturated rings. The first kappa shape index (κ1) is 26.5. The number of hydrogen-bond donors (Lipinski definition) is 0. The molecule has 0 radical (unpaired) electrons. The number of hydrogen-bond acceptors (Lipinski definition) is 9. The lowest BCUT2D eigenvalue weighted by atomic mass is 10.1. The zero-order valence-electron chi connectivity index (χ0n) is 19.6. The van der Waals surface area contributed by atoms with E-state index < -0.39 is 56.7 Å². The van der Waals surface area contributed by atoms with Gasteiger partial charge in [0, 0.05) is 0 Å². The normalized spacial score (nSPS) is 27.0. The van der Waals surface area contributed by atoms with Crippen LogP contribution < -0.4 is 0 Å². The molecule has 0 aromatic heterocycles. The second-order valence-electron chi connectivity index (χ2n) is 8.95. The summed E-state index contributed by atoms with van der Waals surface area (Å²) in [5.41, 5.74) is 1.74. The highest BCUT2D eigenvalue weighted by Crippen LogP contribution is 2.41. The lowest BCUT2D eigenvalue weighted by molar-refractivity contribution is -0.220. The fraction of sp³-hybridized carbons (Fsp3) is 0.478. The third kappa shape index (κ3) is 5.72. The Bertz CT molecular complexity index is 1260. The van der Waals surface area contributed by atoms with E-state index in [1.54, 1.807) is 38.1 Å². The monoisotopic (exact) mass is 546 g/mol. The average Bonchev–Trinajstić information content (AvgIpc) is 3.24. The Balaban J connectivity index is 1.63. The van der Waals surface area contributed by atoms with Gasteiger partial charge in [-0.2, -0.15) is 16.8 Å². The van der Waals surface area contributed by atoms with E-state index in [1.165, 1.54) is 24.3 Å². The van der Waals surface area contributed by atoms with E-state index in [0.29, 0.717) is 0 Å². The zero-order valence-corrected chi connectivity index (χ0v) is 22.0. The van der Waals surface area contributed by atoms with E-state index >= 15 is 0 Å². The van der Waals surface area contributed by atoms with Crippen LogP contribution in [-0.4, -0.2) is 59.2 Å². The molecule has 192 valence electrons. The van der Waals surface area contributed by atoms with Gasteiger partial charge >= 0.3 is 0 Å². The maximum Gasteiger partial charge on any atom is 0.297 e. The van der Waals surface area contributed by atoms with Crippen molar-refractivity contribution in [1.29, 1.82) is 0 Å². The fourth-order valence-corrected chi connectivity index (χ4v) is 6.40. The summed E-state index contributed by atoms with van der Waals surface area (Å²) < 4.78 is 80.4. The van der Waals surface area contributed by atoms with Crippen molar-refractivity contribution >= 4 is 31.8 Å². The Labute approximate surface area is 210 Å². The minimum Gasteiger partial charge on any atom is -0.341 e. The van der Waals surface area contributed by atoms with Gasteiger partial charge in [-0.1, -0.05) is 35.4 Å². The SMILES string of the molecule is Cc1ccc(S(=O)(=O)O[C@@H]2[C@H]3OC(C)(C)O[C@H]3O[C@@H]2[C@H](CCl)OS(=O)(=O)c2ccc(C)cc2)cc1. The van der Waals surface area contributed by atoms with Gasteiger partial charge < -0.3 is 14.2 Å². The molecule has 0 aliphatic carbocycles. The van der Waals surface area contributed by atoms with Crippen LogP contribution in [0.15, 0.2) is 58.3 Å².